The van der Waals surface area contributed by atoms with Crippen molar-refractivity contribution < 1.29 is 9.90 Å². The fourth-order valence-electron chi connectivity index (χ4n) is 2.07. The van der Waals surface area contributed by atoms with Gasteiger partial charge in [0.2, 0.25) is 5.91 Å². The maximum absolute atomic E-state index is 11.7. The number of hydrogen-bond acceptors (Lipinski definition) is 4. The molecule has 0 bridgehead atoms. The Morgan fingerprint density at radius 3 is 2.74 bits per heavy atom. The molecule has 1 aromatic carbocycles. The zero-order chi connectivity index (χ0) is 13.8. The molecule has 1 aliphatic rings. The third kappa shape index (κ3) is 2.91. The largest absolute Gasteiger partial charge is 0.508 e. The van der Waals surface area contributed by atoms with Crippen LogP contribution in [-0.4, -0.2) is 16.8 Å². The van der Waals surface area contributed by atoms with Gasteiger partial charge in [-0.05, 0) is 23.4 Å². The molecule has 1 amide bonds. The third-order valence-corrected chi connectivity index (χ3v) is 3.84. The first-order valence-corrected chi connectivity index (χ1v) is 7.00. The fourth-order valence-corrected chi connectivity index (χ4v) is 2.89. The fraction of sp³-hybridized carbons (Fsp3) is 0.286. The van der Waals surface area contributed by atoms with Gasteiger partial charge < -0.3 is 10.4 Å². The molecule has 0 radical (unpaired) electrons. The summed E-state index contributed by atoms with van der Waals surface area (Å²) in [6.45, 7) is 1.98. The van der Waals surface area contributed by atoms with E-state index in [1.165, 1.54) is 11.8 Å². The minimum atomic E-state index is -0.228. The summed E-state index contributed by atoms with van der Waals surface area (Å²) in [6, 6.07) is 8.86. The first-order chi connectivity index (χ1) is 9.15. The van der Waals surface area contributed by atoms with Gasteiger partial charge in [-0.15, -0.1) is 11.8 Å². The van der Waals surface area contributed by atoms with E-state index in [1.807, 2.05) is 6.92 Å². The van der Waals surface area contributed by atoms with Crippen molar-refractivity contribution in [3.63, 3.8) is 0 Å². The molecule has 4 nitrogen and oxygen atoms in total. The molecule has 0 saturated carbocycles. The quantitative estimate of drug-likeness (QED) is 0.888. The molecule has 2 N–H and O–H groups in total. The smallest absolute Gasteiger partial charge is 0.225 e. The van der Waals surface area contributed by atoms with E-state index in [0.717, 1.165) is 11.3 Å². The van der Waals surface area contributed by atoms with Gasteiger partial charge in [-0.25, -0.2) is 0 Å². The summed E-state index contributed by atoms with van der Waals surface area (Å²) in [5, 5.41) is 22.1. The molecule has 0 aromatic heterocycles. The van der Waals surface area contributed by atoms with Crippen LogP contribution in [0.1, 0.15) is 24.8 Å². The van der Waals surface area contributed by atoms with Crippen LogP contribution in [0.2, 0.25) is 0 Å². The summed E-state index contributed by atoms with van der Waals surface area (Å²) >= 11 is 1.47. The molecule has 1 aliphatic heterocycles. The molecule has 0 fully saturated rings. The van der Waals surface area contributed by atoms with Crippen LogP contribution in [0.15, 0.2) is 34.9 Å². The van der Waals surface area contributed by atoms with Gasteiger partial charge in [-0.3, -0.25) is 4.79 Å². The molecular formula is C14H14N2O2S. The number of nitriles is 1. The third-order valence-electron chi connectivity index (χ3n) is 2.94. The molecular weight excluding hydrogens is 260 g/mol. The van der Waals surface area contributed by atoms with E-state index < -0.39 is 0 Å². The Morgan fingerprint density at radius 1 is 1.47 bits per heavy atom. The van der Waals surface area contributed by atoms with Gasteiger partial charge >= 0.3 is 0 Å². The van der Waals surface area contributed by atoms with Crippen LogP contribution < -0.4 is 5.32 Å². The Kier molecular flexibility index (Phi) is 4.13. The Labute approximate surface area is 116 Å². The molecule has 0 spiro atoms. The number of carbonyl (C=O) groups excluding carboxylic acids is 1. The minimum Gasteiger partial charge on any atom is -0.508 e. The number of rotatable bonds is 3. The van der Waals surface area contributed by atoms with Crippen LogP contribution in [0, 0.1) is 11.3 Å². The molecule has 5 heteroatoms. The Morgan fingerprint density at radius 2 is 2.16 bits per heavy atom. The van der Waals surface area contributed by atoms with Crippen LogP contribution in [0.4, 0.5) is 0 Å². The molecule has 1 heterocycles. The van der Waals surface area contributed by atoms with Crippen molar-refractivity contribution in [3.8, 4) is 11.8 Å². The van der Waals surface area contributed by atoms with E-state index in [0.29, 0.717) is 10.6 Å². The summed E-state index contributed by atoms with van der Waals surface area (Å²) in [5.41, 5.74) is 1.47. The lowest BCUT2D eigenvalue weighted by molar-refractivity contribution is -0.120. The Hall–Kier alpha value is -1.93. The highest BCUT2D eigenvalue weighted by Crippen LogP contribution is 2.36. The summed E-state index contributed by atoms with van der Waals surface area (Å²) in [4.78, 5) is 11.7. The minimum absolute atomic E-state index is 0.0759. The average molecular weight is 274 g/mol. The van der Waals surface area contributed by atoms with Gasteiger partial charge in [-0.1, -0.05) is 19.1 Å². The number of benzene rings is 1. The lowest BCUT2D eigenvalue weighted by Gasteiger charge is -2.24. The molecule has 0 aliphatic carbocycles. The number of phenols is 1. The second-order valence-electron chi connectivity index (χ2n) is 4.18. The number of aromatic hydroxyl groups is 1. The highest BCUT2D eigenvalue weighted by molar-refractivity contribution is 8.03. The predicted octanol–water partition coefficient (Wildman–Crippen LogP) is 2.48. The van der Waals surface area contributed by atoms with E-state index in [1.54, 1.807) is 24.3 Å². The Balaban J connectivity index is 2.42. The molecule has 0 saturated heterocycles. The lowest BCUT2D eigenvalue weighted by Crippen LogP contribution is -2.30. The van der Waals surface area contributed by atoms with Gasteiger partial charge in [0.05, 0.1) is 16.7 Å². The van der Waals surface area contributed by atoms with E-state index in [4.69, 9.17) is 0 Å². The average Bonchev–Trinajstić information content (AvgIpc) is 2.39. The van der Waals surface area contributed by atoms with Gasteiger partial charge in [0.25, 0.3) is 0 Å². The first-order valence-electron chi connectivity index (χ1n) is 6.01. The Bertz CT molecular complexity index is 558. The lowest BCUT2D eigenvalue weighted by atomic mass is 9.87. The summed E-state index contributed by atoms with van der Waals surface area (Å²) in [7, 11) is 0. The van der Waals surface area contributed by atoms with Crippen molar-refractivity contribution in [2.75, 3.05) is 5.75 Å². The number of nitrogens with one attached hydrogen (secondary N) is 1. The maximum Gasteiger partial charge on any atom is 0.225 e. The van der Waals surface area contributed by atoms with Crippen molar-refractivity contribution in [1.29, 1.82) is 5.26 Å². The van der Waals surface area contributed by atoms with Gasteiger partial charge in [0.15, 0.2) is 0 Å². The predicted molar refractivity (Wildman–Crippen MR) is 74.4 cm³/mol. The van der Waals surface area contributed by atoms with Crippen molar-refractivity contribution in [1.82, 2.24) is 5.32 Å². The number of phenolic OH excluding ortho intramolecular Hbond substituents is 1. The first kappa shape index (κ1) is 13.5. The number of nitrogens with zero attached hydrogens (tertiary/aromatic N) is 1. The van der Waals surface area contributed by atoms with Crippen molar-refractivity contribution in [2.45, 2.75) is 19.3 Å². The zero-order valence-electron chi connectivity index (χ0n) is 10.5. The van der Waals surface area contributed by atoms with E-state index in [9.17, 15) is 15.2 Å². The number of hydrogen-bond donors (Lipinski definition) is 2. The summed E-state index contributed by atoms with van der Waals surface area (Å²) < 4.78 is 0. The van der Waals surface area contributed by atoms with Crippen molar-refractivity contribution in [3.05, 3.63) is 40.4 Å². The SMILES string of the molecule is CCSC1=C(C#N)[C@H](c2ccc(O)cc2)CC(=O)N1. The van der Waals surface area contributed by atoms with Crippen molar-refractivity contribution >= 4 is 17.7 Å². The standard InChI is InChI=1S/C14H14N2O2S/c1-2-19-14-12(8-15)11(7-13(18)16-14)9-3-5-10(17)6-4-9/h3-6,11,17H,2,7H2,1H3,(H,16,18)/t11-/m0/s1. The van der Waals surface area contributed by atoms with Crippen LogP contribution in [0.3, 0.4) is 0 Å². The van der Waals surface area contributed by atoms with Crippen LogP contribution in [0.5, 0.6) is 5.75 Å². The topological polar surface area (TPSA) is 73.1 Å². The number of carbonyl (C=O) groups is 1. The molecule has 19 heavy (non-hydrogen) atoms. The highest BCUT2D eigenvalue weighted by Gasteiger charge is 2.29. The second kappa shape index (κ2) is 5.81. The second-order valence-corrected chi connectivity index (χ2v) is 5.46. The van der Waals surface area contributed by atoms with E-state index >= 15 is 0 Å². The maximum atomic E-state index is 11.7. The zero-order valence-corrected chi connectivity index (χ0v) is 11.3. The molecule has 1 aromatic rings. The number of amides is 1. The normalized spacial score (nSPS) is 18.9. The summed E-state index contributed by atoms with van der Waals surface area (Å²) in [6.07, 6.45) is 0.265. The van der Waals surface area contributed by atoms with Crippen LogP contribution in [-0.2, 0) is 4.79 Å². The van der Waals surface area contributed by atoms with Gasteiger partial charge in [0, 0.05) is 12.3 Å². The highest BCUT2D eigenvalue weighted by atomic mass is 32.2. The summed E-state index contributed by atoms with van der Waals surface area (Å²) in [5.74, 6) is 0.666. The molecule has 98 valence electrons. The number of allylic oxidation sites excluding steroid dienone is 1. The molecule has 2 rings (SSSR count). The van der Waals surface area contributed by atoms with Gasteiger partial charge in [-0.2, -0.15) is 5.26 Å². The van der Waals surface area contributed by atoms with Crippen LogP contribution in [0.25, 0.3) is 0 Å². The van der Waals surface area contributed by atoms with Gasteiger partial charge in [0.1, 0.15) is 5.75 Å². The molecule has 0 unspecified atom stereocenters. The number of thioether (sulfide) groups is 1. The van der Waals surface area contributed by atoms with E-state index in [2.05, 4.69) is 11.4 Å². The monoisotopic (exact) mass is 274 g/mol. The van der Waals surface area contributed by atoms with Crippen LogP contribution >= 0.6 is 11.8 Å². The van der Waals surface area contributed by atoms with E-state index in [-0.39, 0.29) is 24.0 Å². The van der Waals surface area contributed by atoms with Crippen molar-refractivity contribution in [2.24, 2.45) is 0 Å². The molecule has 1 atom stereocenters.